The molecule has 0 rings (SSSR count). The zero-order chi connectivity index (χ0) is 9.78. The Morgan fingerprint density at radius 3 is 2.42 bits per heavy atom. The second-order valence-corrected chi connectivity index (χ2v) is 2.85. The molecule has 0 saturated heterocycles. The monoisotopic (exact) mass is 250 g/mol. The fourth-order valence-electron chi connectivity index (χ4n) is 0.364. The van der Waals surface area contributed by atoms with Gasteiger partial charge in [-0.3, -0.25) is 9.53 Å². The van der Waals surface area contributed by atoms with Crippen molar-refractivity contribution in [3.05, 3.63) is 0 Å². The van der Waals surface area contributed by atoms with E-state index in [4.69, 9.17) is 0 Å². The van der Waals surface area contributed by atoms with E-state index in [1.165, 1.54) is 0 Å². The highest BCUT2D eigenvalue weighted by Gasteiger charge is 2.31. The molecule has 0 saturated carbocycles. The highest BCUT2D eigenvalue weighted by Crippen LogP contribution is 2.17. The van der Waals surface area contributed by atoms with E-state index in [1.807, 2.05) is 0 Å². The van der Waals surface area contributed by atoms with Gasteiger partial charge >= 0.3 is 12.3 Å². The predicted octanol–water partition coefficient (Wildman–Crippen LogP) is 1.46. The molecule has 0 aliphatic carbocycles. The van der Waals surface area contributed by atoms with Gasteiger partial charge in [0.25, 0.3) is 0 Å². The summed E-state index contributed by atoms with van der Waals surface area (Å²) >= 11 is 2.66. The van der Waals surface area contributed by atoms with Crippen molar-refractivity contribution in [1.82, 2.24) is 0 Å². The van der Waals surface area contributed by atoms with Crippen LogP contribution in [-0.2, 0) is 14.3 Å². The van der Waals surface area contributed by atoms with Crippen LogP contribution >= 0.6 is 15.9 Å². The Labute approximate surface area is 75.0 Å². The summed E-state index contributed by atoms with van der Waals surface area (Å²) in [5.41, 5.74) is 0. The van der Waals surface area contributed by atoms with Gasteiger partial charge in [0.05, 0.1) is 13.7 Å². The van der Waals surface area contributed by atoms with Gasteiger partial charge in [-0.15, -0.1) is 13.2 Å². The molecule has 0 heterocycles. The van der Waals surface area contributed by atoms with Crippen molar-refractivity contribution < 1.29 is 27.4 Å². The minimum absolute atomic E-state index is 0.795. The van der Waals surface area contributed by atoms with E-state index in [0.29, 0.717) is 0 Å². The van der Waals surface area contributed by atoms with Gasteiger partial charge in [-0.05, 0) is 0 Å². The topological polar surface area (TPSA) is 35.5 Å². The zero-order valence-electron chi connectivity index (χ0n) is 6.02. The largest absolute Gasteiger partial charge is 0.522 e. The van der Waals surface area contributed by atoms with Gasteiger partial charge in [-0.1, -0.05) is 15.9 Å². The molecular weight excluding hydrogens is 245 g/mol. The second-order valence-electron chi connectivity index (χ2n) is 1.75. The number of alkyl halides is 4. The quantitative estimate of drug-likeness (QED) is 0.562. The lowest BCUT2D eigenvalue weighted by atomic mass is 10.5. The van der Waals surface area contributed by atoms with Crippen molar-refractivity contribution in [3.63, 3.8) is 0 Å². The predicted molar refractivity (Wildman–Crippen MR) is 36.7 cm³/mol. The molecule has 0 bridgehead atoms. The van der Waals surface area contributed by atoms with Crippen molar-refractivity contribution in [2.75, 3.05) is 13.7 Å². The van der Waals surface area contributed by atoms with Gasteiger partial charge in [0.15, 0.2) is 0 Å². The third kappa shape index (κ3) is 5.36. The van der Waals surface area contributed by atoms with E-state index >= 15 is 0 Å². The molecule has 72 valence electrons. The SMILES string of the molecule is COC(=O)C(Br)COC(F)(F)F. The van der Waals surface area contributed by atoms with Crippen LogP contribution < -0.4 is 0 Å². The first-order valence-corrected chi connectivity index (χ1v) is 3.71. The summed E-state index contributed by atoms with van der Waals surface area (Å²) in [6, 6.07) is 0. The zero-order valence-corrected chi connectivity index (χ0v) is 7.61. The maximum atomic E-state index is 11.4. The van der Waals surface area contributed by atoms with Crippen molar-refractivity contribution in [3.8, 4) is 0 Å². The molecule has 0 N–H and O–H groups in total. The molecule has 1 unspecified atom stereocenters. The fraction of sp³-hybridized carbons (Fsp3) is 0.800. The van der Waals surface area contributed by atoms with Crippen LogP contribution in [0, 0.1) is 0 Å². The minimum atomic E-state index is -4.72. The molecule has 0 aromatic heterocycles. The fourth-order valence-corrected chi connectivity index (χ4v) is 0.683. The van der Waals surface area contributed by atoms with Gasteiger partial charge in [0, 0.05) is 0 Å². The lowest BCUT2D eigenvalue weighted by molar-refractivity contribution is -0.323. The first kappa shape index (κ1) is 11.7. The first-order chi connectivity index (χ1) is 5.37. The van der Waals surface area contributed by atoms with Crippen molar-refractivity contribution in [2.24, 2.45) is 0 Å². The number of rotatable bonds is 3. The van der Waals surface area contributed by atoms with E-state index in [0.717, 1.165) is 7.11 Å². The molecule has 0 aromatic rings. The van der Waals surface area contributed by atoms with Crippen LogP contribution in [0.2, 0.25) is 0 Å². The average Bonchev–Trinajstić information content (AvgIpc) is 1.97. The molecule has 0 spiro atoms. The van der Waals surface area contributed by atoms with Crippen LogP contribution in [0.15, 0.2) is 0 Å². The Kier molecular flexibility index (Phi) is 4.54. The van der Waals surface area contributed by atoms with Crippen LogP contribution in [0.25, 0.3) is 0 Å². The lowest BCUT2D eigenvalue weighted by Gasteiger charge is -2.09. The van der Waals surface area contributed by atoms with Gasteiger partial charge in [0.2, 0.25) is 0 Å². The molecular formula is C5H6BrF3O3. The van der Waals surface area contributed by atoms with E-state index in [1.54, 1.807) is 0 Å². The van der Waals surface area contributed by atoms with Crippen LogP contribution in [0.5, 0.6) is 0 Å². The third-order valence-electron chi connectivity index (χ3n) is 0.850. The number of hydrogen-bond acceptors (Lipinski definition) is 3. The Morgan fingerprint density at radius 2 is 2.08 bits per heavy atom. The highest BCUT2D eigenvalue weighted by molar-refractivity contribution is 9.10. The third-order valence-corrected chi connectivity index (χ3v) is 1.49. The summed E-state index contributed by atoms with van der Waals surface area (Å²) in [5, 5.41) is 0. The van der Waals surface area contributed by atoms with E-state index < -0.39 is 23.8 Å². The second kappa shape index (κ2) is 4.66. The average molecular weight is 251 g/mol. The number of carbonyl (C=O) groups is 1. The number of methoxy groups -OCH3 is 1. The van der Waals surface area contributed by atoms with E-state index in [9.17, 15) is 18.0 Å². The standard InChI is InChI=1S/C5H6BrF3O3/c1-11-4(10)3(6)2-12-5(7,8)9/h3H,2H2,1H3. The molecule has 0 amide bonds. The number of carbonyl (C=O) groups excluding carboxylic acids is 1. The number of hydrogen-bond donors (Lipinski definition) is 0. The highest BCUT2D eigenvalue weighted by atomic mass is 79.9. The number of ether oxygens (including phenoxy) is 2. The summed E-state index contributed by atoms with van der Waals surface area (Å²) in [6.45, 7) is -0.795. The summed E-state index contributed by atoms with van der Waals surface area (Å²) in [6.07, 6.45) is -4.72. The van der Waals surface area contributed by atoms with Crippen LogP contribution in [0.4, 0.5) is 13.2 Å². The minimum Gasteiger partial charge on any atom is -0.468 e. The lowest BCUT2D eigenvalue weighted by Crippen LogP contribution is -2.26. The molecule has 1 atom stereocenters. The summed E-state index contributed by atoms with van der Waals surface area (Å²) < 4.78 is 41.7. The Bertz CT molecular complexity index is 159. The molecule has 0 radical (unpaired) electrons. The Morgan fingerprint density at radius 1 is 1.58 bits per heavy atom. The van der Waals surface area contributed by atoms with Crippen LogP contribution in [-0.4, -0.2) is 30.9 Å². The molecule has 3 nitrogen and oxygen atoms in total. The van der Waals surface area contributed by atoms with Gasteiger partial charge in [0.1, 0.15) is 4.83 Å². The molecule has 7 heteroatoms. The molecule has 0 aliphatic rings. The Balaban J connectivity index is 3.72. The van der Waals surface area contributed by atoms with Gasteiger partial charge in [-0.25, -0.2) is 0 Å². The first-order valence-electron chi connectivity index (χ1n) is 2.79. The maximum absolute atomic E-state index is 11.4. The smallest absolute Gasteiger partial charge is 0.468 e. The van der Waals surface area contributed by atoms with Crippen molar-refractivity contribution >= 4 is 21.9 Å². The van der Waals surface area contributed by atoms with Crippen molar-refractivity contribution in [2.45, 2.75) is 11.2 Å². The summed E-state index contributed by atoms with van der Waals surface area (Å²) in [5.74, 6) is -0.806. The molecule has 0 aliphatic heterocycles. The molecule has 12 heavy (non-hydrogen) atoms. The van der Waals surface area contributed by atoms with Gasteiger partial charge < -0.3 is 4.74 Å². The van der Waals surface area contributed by atoms with Crippen molar-refractivity contribution in [1.29, 1.82) is 0 Å². The van der Waals surface area contributed by atoms with E-state index in [2.05, 4.69) is 25.4 Å². The van der Waals surface area contributed by atoms with E-state index in [-0.39, 0.29) is 0 Å². The normalized spacial score (nSPS) is 14.1. The van der Waals surface area contributed by atoms with Crippen LogP contribution in [0.3, 0.4) is 0 Å². The molecule has 0 aromatic carbocycles. The Hall–Kier alpha value is -0.300. The summed E-state index contributed by atoms with van der Waals surface area (Å²) in [7, 11) is 1.07. The number of halogens is 4. The molecule has 0 fully saturated rings. The summed E-state index contributed by atoms with van der Waals surface area (Å²) in [4.78, 5) is 9.42. The maximum Gasteiger partial charge on any atom is 0.522 e. The van der Waals surface area contributed by atoms with Crippen LogP contribution in [0.1, 0.15) is 0 Å². The van der Waals surface area contributed by atoms with Gasteiger partial charge in [-0.2, -0.15) is 0 Å². The number of esters is 1.